The van der Waals surface area contributed by atoms with E-state index < -0.39 is 0 Å². The molecule has 1 fully saturated rings. The summed E-state index contributed by atoms with van der Waals surface area (Å²) in [5, 5.41) is 1.05. The molecule has 0 aliphatic heterocycles. The Labute approximate surface area is 119 Å². The van der Waals surface area contributed by atoms with Gasteiger partial charge in [-0.2, -0.15) is 0 Å². The monoisotopic (exact) mass is 270 g/mol. The standard InChI is InChI=1S/C17H22N2O/c1-12(13-7-3-2-4-8-13)19-16-10-6-5-9-14(16)11-15(18)17(19)20/h5-6,9-13H,2-4,7-8,18H2,1H3. The predicted molar refractivity (Wildman–Crippen MR) is 83.9 cm³/mol. The van der Waals surface area contributed by atoms with Gasteiger partial charge >= 0.3 is 0 Å². The molecule has 0 spiro atoms. The van der Waals surface area contributed by atoms with Crippen LogP contribution in [0.15, 0.2) is 35.1 Å². The topological polar surface area (TPSA) is 48.0 Å². The van der Waals surface area contributed by atoms with E-state index in [1.165, 1.54) is 32.1 Å². The fourth-order valence-corrected chi connectivity index (χ4v) is 3.54. The van der Waals surface area contributed by atoms with Crippen molar-refractivity contribution in [2.45, 2.75) is 45.1 Å². The zero-order chi connectivity index (χ0) is 14.1. The molecule has 0 saturated heterocycles. The maximum atomic E-state index is 12.5. The molecule has 0 radical (unpaired) electrons. The zero-order valence-electron chi connectivity index (χ0n) is 12.0. The van der Waals surface area contributed by atoms with Gasteiger partial charge in [-0.05, 0) is 37.8 Å². The van der Waals surface area contributed by atoms with E-state index in [1.807, 2.05) is 28.8 Å². The predicted octanol–water partition coefficient (Wildman–Crippen LogP) is 3.73. The molecular formula is C17H22N2O. The molecule has 106 valence electrons. The Morgan fingerprint density at radius 2 is 1.90 bits per heavy atom. The van der Waals surface area contributed by atoms with Gasteiger partial charge in [0.25, 0.3) is 5.56 Å². The highest BCUT2D eigenvalue weighted by Gasteiger charge is 2.23. The van der Waals surface area contributed by atoms with E-state index in [2.05, 4.69) is 6.92 Å². The summed E-state index contributed by atoms with van der Waals surface area (Å²) < 4.78 is 1.92. The molecule has 2 N–H and O–H groups in total. The number of rotatable bonds is 2. The van der Waals surface area contributed by atoms with Gasteiger partial charge in [-0.3, -0.25) is 4.79 Å². The van der Waals surface area contributed by atoms with Crippen molar-refractivity contribution in [1.82, 2.24) is 4.57 Å². The number of hydrogen-bond acceptors (Lipinski definition) is 2. The van der Waals surface area contributed by atoms with E-state index in [9.17, 15) is 4.79 Å². The van der Waals surface area contributed by atoms with Crippen LogP contribution in [-0.2, 0) is 0 Å². The number of fused-ring (bicyclic) bond motifs is 1. The molecule has 3 heteroatoms. The lowest BCUT2D eigenvalue weighted by Crippen LogP contribution is -2.30. The Balaban J connectivity index is 2.13. The van der Waals surface area contributed by atoms with Crippen LogP contribution in [0.2, 0.25) is 0 Å². The minimum absolute atomic E-state index is 0.0400. The van der Waals surface area contributed by atoms with Crippen molar-refractivity contribution >= 4 is 16.6 Å². The number of nitrogens with two attached hydrogens (primary N) is 1. The van der Waals surface area contributed by atoms with Crippen LogP contribution < -0.4 is 11.3 Å². The fraction of sp³-hybridized carbons (Fsp3) is 0.471. The summed E-state index contributed by atoms with van der Waals surface area (Å²) in [6, 6.07) is 10.0. The molecule has 0 bridgehead atoms. The van der Waals surface area contributed by atoms with Gasteiger partial charge in [0.05, 0.1) is 11.2 Å². The maximum Gasteiger partial charge on any atom is 0.274 e. The summed E-state index contributed by atoms with van der Waals surface area (Å²) in [5.41, 5.74) is 7.24. The third kappa shape index (κ3) is 2.21. The van der Waals surface area contributed by atoms with Crippen LogP contribution in [0.5, 0.6) is 0 Å². The summed E-state index contributed by atoms with van der Waals surface area (Å²) in [5.74, 6) is 0.589. The van der Waals surface area contributed by atoms with Gasteiger partial charge < -0.3 is 10.3 Å². The second kappa shape index (κ2) is 5.31. The van der Waals surface area contributed by atoms with Crippen molar-refractivity contribution in [1.29, 1.82) is 0 Å². The smallest absolute Gasteiger partial charge is 0.274 e. The van der Waals surface area contributed by atoms with Crippen LogP contribution in [0.3, 0.4) is 0 Å². The largest absolute Gasteiger partial charge is 0.394 e. The minimum Gasteiger partial charge on any atom is -0.394 e. The third-order valence-electron chi connectivity index (χ3n) is 4.71. The van der Waals surface area contributed by atoms with Gasteiger partial charge in [0.1, 0.15) is 0 Å². The molecular weight excluding hydrogens is 248 g/mol. The first-order valence-electron chi connectivity index (χ1n) is 7.58. The van der Waals surface area contributed by atoms with Gasteiger partial charge in [-0.15, -0.1) is 0 Å². The van der Waals surface area contributed by atoms with Crippen LogP contribution in [0, 0.1) is 5.92 Å². The van der Waals surface area contributed by atoms with E-state index in [1.54, 1.807) is 6.07 Å². The Bertz CT molecular complexity index is 668. The maximum absolute atomic E-state index is 12.5. The number of aromatic nitrogens is 1. The number of pyridine rings is 1. The summed E-state index contributed by atoms with van der Waals surface area (Å²) >= 11 is 0. The zero-order valence-corrected chi connectivity index (χ0v) is 12.0. The van der Waals surface area contributed by atoms with E-state index in [0.717, 1.165) is 10.9 Å². The summed E-state index contributed by atoms with van der Waals surface area (Å²) in [7, 11) is 0. The van der Waals surface area contributed by atoms with Crippen molar-refractivity contribution in [2.75, 3.05) is 5.73 Å². The molecule has 20 heavy (non-hydrogen) atoms. The normalized spacial score (nSPS) is 18.2. The number of nitrogen functional groups attached to an aromatic ring is 1. The highest BCUT2D eigenvalue weighted by atomic mass is 16.1. The average Bonchev–Trinajstić information content (AvgIpc) is 2.49. The van der Waals surface area contributed by atoms with Crippen molar-refractivity contribution in [3.63, 3.8) is 0 Å². The lowest BCUT2D eigenvalue weighted by Gasteiger charge is -2.30. The van der Waals surface area contributed by atoms with Crippen LogP contribution >= 0.6 is 0 Å². The highest BCUT2D eigenvalue weighted by molar-refractivity contribution is 5.81. The molecule has 2 aromatic rings. The Kier molecular flexibility index (Phi) is 3.51. The Morgan fingerprint density at radius 3 is 2.65 bits per heavy atom. The highest BCUT2D eigenvalue weighted by Crippen LogP contribution is 2.33. The fourth-order valence-electron chi connectivity index (χ4n) is 3.54. The first-order valence-corrected chi connectivity index (χ1v) is 7.58. The molecule has 1 aliphatic carbocycles. The molecule has 0 amide bonds. The Morgan fingerprint density at radius 1 is 1.20 bits per heavy atom. The van der Waals surface area contributed by atoms with Crippen LogP contribution in [0.1, 0.15) is 45.1 Å². The molecule has 1 aliphatic rings. The molecule has 3 nitrogen and oxygen atoms in total. The number of para-hydroxylation sites is 1. The molecule has 1 aromatic heterocycles. The SMILES string of the molecule is CC(C1CCCCC1)n1c(=O)c(N)cc2ccccc21. The first-order chi connectivity index (χ1) is 9.68. The van der Waals surface area contributed by atoms with Crippen LogP contribution in [0.4, 0.5) is 5.69 Å². The Hall–Kier alpha value is -1.77. The number of anilines is 1. The summed E-state index contributed by atoms with van der Waals surface area (Å²) in [4.78, 5) is 12.5. The average molecular weight is 270 g/mol. The van der Waals surface area contributed by atoms with Crippen LogP contribution in [0.25, 0.3) is 10.9 Å². The van der Waals surface area contributed by atoms with E-state index >= 15 is 0 Å². The minimum atomic E-state index is -0.0400. The van der Waals surface area contributed by atoms with E-state index in [0.29, 0.717) is 11.6 Å². The quantitative estimate of drug-likeness (QED) is 0.904. The molecule has 1 atom stereocenters. The first kappa shape index (κ1) is 13.2. The van der Waals surface area contributed by atoms with Crippen molar-refractivity contribution in [3.05, 3.63) is 40.7 Å². The second-order valence-electron chi connectivity index (χ2n) is 5.97. The van der Waals surface area contributed by atoms with E-state index in [-0.39, 0.29) is 11.6 Å². The van der Waals surface area contributed by atoms with Gasteiger partial charge in [0, 0.05) is 11.4 Å². The third-order valence-corrected chi connectivity index (χ3v) is 4.71. The number of hydrogen-bond donors (Lipinski definition) is 1. The van der Waals surface area contributed by atoms with Gasteiger partial charge in [0.15, 0.2) is 0 Å². The lowest BCUT2D eigenvalue weighted by atomic mass is 9.84. The molecule has 1 heterocycles. The molecule has 1 unspecified atom stereocenters. The number of nitrogens with zero attached hydrogens (tertiary/aromatic N) is 1. The van der Waals surface area contributed by atoms with Gasteiger partial charge in [0.2, 0.25) is 0 Å². The molecule has 3 rings (SSSR count). The van der Waals surface area contributed by atoms with E-state index in [4.69, 9.17) is 5.73 Å². The lowest BCUT2D eigenvalue weighted by molar-refractivity contribution is 0.265. The van der Waals surface area contributed by atoms with Crippen molar-refractivity contribution in [2.24, 2.45) is 5.92 Å². The summed E-state index contributed by atoms with van der Waals surface area (Å²) in [6.07, 6.45) is 6.33. The van der Waals surface area contributed by atoms with Crippen molar-refractivity contribution in [3.8, 4) is 0 Å². The summed E-state index contributed by atoms with van der Waals surface area (Å²) in [6.45, 7) is 2.17. The molecule has 1 saturated carbocycles. The number of benzene rings is 1. The van der Waals surface area contributed by atoms with Gasteiger partial charge in [-0.25, -0.2) is 0 Å². The second-order valence-corrected chi connectivity index (χ2v) is 5.97. The van der Waals surface area contributed by atoms with Gasteiger partial charge in [-0.1, -0.05) is 37.5 Å². The molecule has 1 aromatic carbocycles. The van der Waals surface area contributed by atoms with Crippen LogP contribution in [-0.4, -0.2) is 4.57 Å². The van der Waals surface area contributed by atoms with Crippen molar-refractivity contribution < 1.29 is 0 Å².